The lowest BCUT2D eigenvalue weighted by Crippen LogP contribution is -2.37. The highest BCUT2D eigenvalue weighted by Gasteiger charge is 2.27. The van der Waals surface area contributed by atoms with E-state index in [-0.39, 0.29) is 0 Å². The van der Waals surface area contributed by atoms with E-state index in [0.717, 1.165) is 25.2 Å². The second kappa shape index (κ2) is 5.33. The fourth-order valence-corrected chi connectivity index (χ4v) is 3.39. The van der Waals surface area contributed by atoms with E-state index in [0.29, 0.717) is 18.2 Å². The predicted octanol–water partition coefficient (Wildman–Crippen LogP) is 2.31. The normalized spacial score (nSPS) is 23.4. The average Bonchev–Trinajstić information content (AvgIpc) is 2.82. The number of amides is 1. The Morgan fingerprint density at radius 1 is 1.32 bits per heavy atom. The third-order valence-electron chi connectivity index (χ3n) is 4.37. The molecule has 1 fully saturated rings. The summed E-state index contributed by atoms with van der Waals surface area (Å²) < 4.78 is 0. The number of piperidine rings is 1. The van der Waals surface area contributed by atoms with Crippen LogP contribution < -0.4 is 4.90 Å². The molecule has 0 spiro atoms. The molecule has 3 heteroatoms. The van der Waals surface area contributed by atoms with Crippen molar-refractivity contribution in [2.45, 2.75) is 25.7 Å². The van der Waals surface area contributed by atoms with Gasteiger partial charge in [0, 0.05) is 25.2 Å². The van der Waals surface area contributed by atoms with Gasteiger partial charge in [0.15, 0.2) is 0 Å². The molecule has 0 bridgehead atoms. The van der Waals surface area contributed by atoms with Crippen LogP contribution >= 0.6 is 0 Å². The predicted molar refractivity (Wildman–Crippen MR) is 77.3 cm³/mol. The Balaban J connectivity index is 1.65. The molecule has 0 N–H and O–H groups in total. The quantitative estimate of drug-likeness (QED) is 0.812. The minimum atomic E-state index is 0.310. The molecule has 1 saturated heterocycles. The fourth-order valence-electron chi connectivity index (χ4n) is 3.39. The first-order chi connectivity index (χ1) is 9.24. The van der Waals surface area contributed by atoms with Gasteiger partial charge in [-0.3, -0.25) is 4.79 Å². The molecular weight excluding hydrogens is 236 g/mol. The van der Waals surface area contributed by atoms with Gasteiger partial charge in [-0.2, -0.15) is 0 Å². The first-order valence-corrected chi connectivity index (χ1v) is 7.31. The highest BCUT2D eigenvalue weighted by molar-refractivity contribution is 5.95. The van der Waals surface area contributed by atoms with Crippen molar-refractivity contribution in [1.29, 1.82) is 0 Å². The number of rotatable bonds is 2. The van der Waals surface area contributed by atoms with Gasteiger partial charge in [0.25, 0.3) is 0 Å². The molecule has 2 aliphatic heterocycles. The smallest absolute Gasteiger partial charge is 0.227 e. The molecule has 2 heterocycles. The number of carbonyl (C=O) groups excluding carboxylic acids is 1. The van der Waals surface area contributed by atoms with Crippen LogP contribution in [0.4, 0.5) is 5.69 Å². The number of nitrogens with zero attached hydrogens (tertiary/aromatic N) is 2. The van der Waals surface area contributed by atoms with Crippen LogP contribution in [-0.2, 0) is 11.2 Å². The van der Waals surface area contributed by atoms with E-state index < -0.39 is 0 Å². The SMILES string of the molecule is CN1CCCC(CC(=O)N2CCc3ccccc32)C1. The van der Waals surface area contributed by atoms with Gasteiger partial charge in [-0.1, -0.05) is 18.2 Å². The van der Waals surface area contributed by atoms with Crippen LogP contribution in [0.5, 0.6) is 0 Å². The number of hydrogen-bond donors (Lipinski definition) is 0. The van der Waals surface area contributed by atoms with Gasteiger partial charge < -0.3 is 9.80 Å². The number of benzene rings is 1. The zero-order chi connectivity index (χ0) is 13.2. The first-order valence-electron chi connectivity index (χ1n) is 7.31. The molecule has 1 amide bonds. The van der Waals surface area contributed by atoms with Gasteiger partial charge in [0.2, 0.25) is 5.91 Å². The van der Waals surface area contributed by atoms with Crippen LogP contribution in [-0.4, -0.2) is 37.5 Å². The van der Waals surface area contributed by atoms with Crippen molar-refractivity contribution in [2.24, 2.45) is 5.92 Å². The van der Waals surface area contributed by atoms with Gasteiger partial charge in [-0.25, -0.2) is 0 Å². The molecule has 3 rings (SSSR count). The van der Waals surface area contributed by atoms with Crippen molar-refractivity contribution in [3.8, 4) is 0 Å². The van der Waals surface area contributed by atoms with Crippen LogP contribution in [0, 0.1) is 5.92 Å². The molecular formula is C16H22N2O. The molecule has 2 aliphatic rings. The van der Waals surface area contributed by atoms with Gasteiger partial charge >= 0.3 is 0 Å². The lowest BCUT2D eigenvalue weighted by Gasteiger charge is -2.30. The van der Waals surface area contributed by atoms with Crippen LogP contribution in [0.2, 0.25) is 0 Å². The van der Waals surface area contributed by atoms with E-state index in [2.05, 4.69) is 30.1 Å². The van der Waals surface area contributed by atoms with Crippen molar-refractivity contribution >= 4 is 11.6 Å². The third kappa shape index (κ3) is 2.66. The van der Waals surface area contributed by atoms with Gasteiger partial charge in [-0.05, 0) is 50.4 Å². The molecule has 0 aromatic heterocycles. The fraction of sp³-hybridized carbons (Fsp3) is 0.562. The lowest BCUT2D eigenvalue weighted by atomic mass is 9.94. The van der Waals surface area contributed by atoms with Crippen LogP contribution in [0.15, 0.2) is 24.3 Å². The van der Waals surface area contributed by atoms with E-state index in [1.165, 1.54) is 24.9 Å². The molecule has 1 aromatic rings. The third-order valence-corrected chi connectivity index (χ3v) is 4.37. The first kappa shape index (κ1) is 12.7. The number of anilines is 1. The van der Waals surface area contributed by atoms with Crippen molar-refractivity contribution in [1.82, 2.24) is 4.90 Å². The maximum atomic E-state index is 12.5. The number of hydrogen-bond acceptors (Lipinski definition) is 2. The zero-order valence-electron chi connectivity index (χ0n) is 11.6. The number of para-hydroxylation sites is 1. The van der Waals surface area contributed by atoms with Crippen molar-refractivity contribution in [2.75, 3.05) is 31.6 Å². The Hall–Kier alpha value is -1.35. The summed E-state index contributed by atoms with van der Waals surface area (Å²) in [4.78, 5) is 16.8. The van der Waals surface area contributed by atoms with Gasteiger partial charge in [0.05, 0.1) is 0 Å². The Bertz CT molecular complexity index is 472. The largest absolute Gasteiger partial charge is 0.312 e. The summed E-state index contributed by atoms with van der Waals surface area (Å²) in [7, 11) is 2.15. The highest BCUT2D eigenvalue weighted by atomic mass is 16.2. The van der Waals surface area contributed by atoms with E-state index in [4.69, 9.17) is 0 Å². The van der Waals surface area contributed by atoms with Gasteiger partial charge in [0.1, 0.15) is 0 Å². The average molecular weight is 258 g/mol. The number of fused-ring (bicyclic) bond motifs is 1. The minimum Gasteiger partial charge on any atom is -0.312 e. The topological polar surface area (TPSA) is 23.6 Å². The second-order valence-electron chi connectivity index (χ2n) is 5.90. The Labute approximate surface area is 115 Å². The van der Waals surface area contributed by atoms with Crippen molar-refractivity contribution < 1.29 is 4.79 Å². The molecule has 102 valence electrons. The standard InChI is InChI=1S/C16H22N2O/c1-17-9-4-5-13(12-17)11-16(19)18-10-8-14-6-2-3-7-15(14)18/h2-3,6-7,13H,4-5,8-12H2,1H3. The van der Waals surface area contributed by atoms with Crippen LogP contribution in [0.3, 0.4) is 0 Å². The van der Waals surface area contributed by atoms with Crippen molar-refractivity contribution in [3.05, 3.63) is 29.8 Å². The van der Waals surface area contributed by atoms with E-state index in [1.807, 2.05) is 11.0 Å². The van der Waals surface area contributed by atoms with E-state index in [1.54, 1.807) is 0 Å². The summed E-state index contributed by atoms with van der Waals surface area (Å²) in [6.45, 7) is 3.11. The minimum absolute atomic E-state index is 0.310. The summed E-state index contributed by atoms with van der Waals surface area (Å²) in [5, 5.41) is 0. The molecule has 1 unspecified atom stereocenters. The maximum Gasteiger partial charge on any atom is 0.227 e. The molecule has 1 atom stereocenters. The molecule has 3 nitrogen and oxygen atoms in total. The molecule has 1 aromatic carbocycles. The summed E-state index contributed by atoms with van der Waals surface area (Å²) in [6, 6.07) is 8.30. The number of carbonyl (C=O) groups is 1. The van der Waals surface area contributed by atoms with E-state index in [9.17, 15) is 4.79 Å². The lowest BCUT2D eigenvalue weighted by molar-refractivity contribution is -0.119. The Kier molecular flexibility index (Phi) is 3.56. The molecule has 0 radical (unpaired) electrons. The summed E-state index contributed by atoms with van der Waals surface area (Å²) in [6.07, 6.45) is 4.14. The van der Waals surface area contributed by atoms with Gasteiger partial charge in [-0.15, -0.1) is 0 Å². The summed E-state index contributed by atoms with van der Waals surface area (Å²) in [5.74, 6) is 0.851. The van der Waals surface area contributed by atoms with Crippen LogP contribution in [0.1, 0.15) is 24.8 Å². The number of likely N-dealkylation sites (tertiary alicyclic amines) is 1. The van der Waals surface area contributed by atoms with E-state index >= 15 is 0 Å². The summed E-state index contributed by atoms with van der Waals surface area (Å²) in [5.41, 5.74) is 2.45. The van der Waals surface area contributed by atoms with Crippen LogP contribution in [0.25, 0.3) is 0 Å². The Morgan fingerprint density at radius 2 is 2.16 bits per heavy atom. The monoisotopic (exact) mass is 258 g/mol. The second-order valence-corrected chi connectivity index (χ2v) is 5.90. The maximum absolute atomic E-state index is 12.5. The molecule has 0 saturated carbocycles. The zero-order valence-corrected chi connectivity index (χ0v) is 11.6. The summed E-state index contributed by atoms with van der Waals surface area (Å²) >= 11 is 0. The van der Waals surface area contributed by atoms with Crippen molar-refractivity contribution in [3.63, 3.8) is 0 Å². The molecule has 0 aliphatic carbocycles. The Morgan fingerprint density at radius 3 is 3.00 bits per heavy atom. The highest BCUT2D eigenvalue weighted by Crippen LogP contribution is 2.29. The molecule has 19 heavy (non-hydrogen) atoms.